The third-order valence-electron chi connectivity index (χ3n) is 5.56. The monoisotopic (exact) mass is 512 g/mol. The van der Waals surface area contributed by atoms with Gasteiger partial charge in [0.25, 0.3) is 0 Å². The molecule has 0 unspecified atom stereocenters. The summed E-state index contributed by atoms with van der Waals surface area (Å²) in [5.41, 5.74) is 4.60. The van der Waals surface area contributed by atoms with Gasteiger partial charge in [-0.2, -0.15) is 0 Å². The average molecular weight is 513 g/mol. The molecular formula is C28H29N2NaO6. The molecule has 9 heteroatoms. The Morgan fingerprint density at radius 2 is 1.59 bits per heavy atom. The Morgan fingerprint density at radius 3 is 2.19 bits per heavy atom. The third-order valence-corrected chi connectivity index (χ3v) is 5.56. The van der Waals surface area contributed by atoms with Crippen LogP contribution in [-0.4, -0.2) is 22.1 Å². The molecule has 3 aromatic carbocycles. The van der Waals surface area contributed by atoms with Gasteiger partial charge in [-0.15, -0.1) is 0 Å². The summed E-state index contributed by atoms with van der Waals surface area (Å²) in [6, 6.07) is 19.4. The number of benzene rings is 3. The first kappa shape index (κ1) is 28.5. The smallest absolute Gasteiger partial charge is 0.491 e. The molecule has 4 aromatic rings. The molecule has 0 saturated carbocycles. The van der Waals surface area contributed by atoms with Crippen molar-refractivity contribution in [2.45, 2.75) is 46.4 Å². The van der Waals surface area contributed by atoms with Gasteiger partial charge in [0.2, 0.25) is 0 Å². The summed E-state index contributed by atoms with van der Waals surface area (Å²) >= 11 is 0. The summed E-state index contributed by atoms with van der Waals surface area (Å²) in [5, 5.41) is 9.93. The Bertz CT molecular complexity index is 1440. The maximum absolute atomic E-state index is 11.5. The van der Waals surface area contributed by atoms with E-state index in [1.165, 1.54) is 0 Å². The standard InChI is InChI=1S/C28H30N2O6.Na/c1-18-12-24(35-17-28(3,4)33)13-19(2)25(18)22-7-5-6-21(14-22)16-34-23-10-8-20(9-11-23)15-30-26(31)29-27(32)36-30;/h5-14,33H,15-17H2,1-4H3,(H,29,31,32);/q;+1/p-1. The molecule has 37 heavy (non-hydrogen) atoms. The Balaban J connectivity index is 0.00000380. The van der Waals surface area contributed by atoms with Gasteiger partial charge in [0.1, 0.15) is 24.7 Å². The van der Waals surface area contributed by atoms with Crippen LogP contribution in [-0.2, 0) is 13.2 Å². The van der Waals surface area contributed by atoms with Crippen LogP contribution >= 0.6 is 0 Å². The van der Waals surface area contributed by atoms with Crippen LogP contribution in [0.25, 0.3) is 11.1 Å². The zero-order valence-electron chi connectivity index (χ0n) is 21.8. The topological polar surface area (TPSA) is 105 Å². The number of rotatable bonds is 9. The molecule has 0 aliphatic carbocycles. The minimum absolute atomic E-state index is 0. The van der Waals surface area contributed by atoms with Crippen LogP contribution in [0.15, 0.2) is 74.8 Å². The molecular weight excluding hydrogens is 483 g/mol. The van der Waals surface area contributed by atoms with Gasteiger partial charge in [-0.1, -0.05) is 30.3 Å². The van der Waals surface area contributed by atoms with Gasteiger partial charge in [0.15, 0.2) is 5.69 Å². The summed E-state index contributed by atoms with van der Waals surface area (Å²) in [6.07, 6.45) is 0. The fourth-order valence-corrected chi connectivity index (χ4v) is 3.95. The number of nitrogens with zero attached hydrogens (tertiary/aromatic N) is 2. The van der Waals surface area contributed by atoms with Crippen molar-refractivity contribution < 1.29 is 48.7 Å². The first-order valence-electron chi connectivity index (χ1n) is 11.6. The molecule has 0 bridgehead atoms. The van der Waals surface area contributed by atoms with Gasteiger partial charge in [0.05, 0.1) is 5.60 Å². The SMILES string of the molecule is Cc1cc(OCC(C)(C)O)cc(C)c1-c1cccc(COc2ccc(Cn3oc(=O)[n-]c3=O)cc2)c1.[Na+]. The van der Waals surface area contributed by atoms with Crippen molar-refractivity contribution in [3.63, 3.8) is 0 Å². The van der Waals surface area contributed by atoms with E-state index in [2.05, 4.69) is 31.0 Å². The second-order valence-corrected chi connectivity index (χ2v) is 9.45. The first-order chi connectivity index (χ1) is 17.1. The largest absolute Gasteiger partial charge is 1.00 e. The quantitative estimate of drug-likeness (QED) is 0.331. The average Bonchev–Trinajstić information content (AvgIpc) is 3.13. The zero-order valence-corrected chi connectivity index (χ0v) is 23.8. The van der Waals surface area contributed by atoms with Crippen LogP contribution in [0.1, 0.15) is 36.1 Å². The van der Waals surface area contributed by atoms with Gasteiger partial charge in [-0.25, -0.2) is 4.79 Å². The minimum atomic E-state index is -0.900. The molecule has 1 heterocycles. The normalized spacial score (nSPS) is 11.2. The third kappa shape index (κ3) is 7.72. The number of aryl methyl sites for hydroxylation is 2. The summed E-state index contributed by atoms with van der Waals surface area (Å²) in [4.78, 5) is 25.8. The zero-order chi connectivity index (χ0) is 25.9. The minimum Gasteiger partial charge on any atom is -0.491 e. The van der Waals surface area contributed by atoms with Crippen molar-refractivity contribution in [3.8, 4) is 22.6 Å². The molecule has 188 valence electrons. The predicted octanol–water partition coefficient (Wildman–Crippen LogP) is 0.824. The number of ether oxygens (including phenoxy) is 2. The van der Waals surface area contributed by atoms with E-state index >= 15 is 0 Å². The van der Waals surface area contributed by atoms with E-state index in [1.54, 1.807) is 38.1 Å². The molecule has 0 saturated heterocycles. The summed E-state index contributed by atoms with van der Waals surface area (Å²) < 4.78 is 17.4. The van der Waals surface area contributed by atoms with Gasteiger partial charge in [0, 0.05) is 6.54 Å². The van der Waals surface area contributed by atoms with Crippen LogP contribution in [0.5, 0.6) is 11.5 Å². The molecule has 4 rings (SSSR count). The fourth-order valence-electron chi connectivity index (χ4n) is 3.95. The molecule has 0 radical (unpaired) electrons. The Morgan fingerprint density at radius 1 is 0.919 bits per heavy atom. The second-order valence-electron chi connectivity index (χ2n) is 9.45. The molecule has 0 spiro atoms. The van der Waals surface area contributed by atoms with Crippen molar-refractivity contribution in [2.24, 2.45) is 0 Å². The molecule has 0 fully saturated rings. The number of hydrogen-bond acceptors (Lipinski definition) is 6. The number of hydrogen-bond donors (Lipinski definition) is 1. The van der Waals surface area contributed by atoms with E-state index in [1.807, 2.05) is 24.3 Å². The maximum atomic E-state index is 11.5. The Labute approximate surface area is 237 Å². The van der Waals surface area contributed by atoms with E-state index in [9.17, 15) is 14.7 Å². The van der Waals surface area contributed by atoms with Crippen LogP contribution in [0.4, 0.5) is 0 Å². The van der Waals surface area contributed by atoms with E-state index in [0.717, 1.165) is 43.9 Å². The molecule has 0 atom stereocenters. The van der Waals surface area contributed by atoms with Crippen molar-refractivity contribution in [1.29, 1.82) is 0 Å². The van der Waals surface area contributed by atoms with Gasteiger partial charge in [-0.3, -0.25) is 9.53 Å². The van der Waals surface area contributed by atoms with Crippen molar-refractivity contribution in [1.82, 2.24) is 9.72 Å². The van der Waals surface area contributed by atoms with Gasteiger partial charge in [-0.05, 0) is 91.4 Å². The van der Waals surface area contributed by atoms with E-state index in [0.29, 0.717) is 12.4 Å². The maximum Gasteiger partial charge on any atom is 1.00 e. The summed E-state index contributed by atoms with van der Waals surface area (Å²) in [5.74, 6) is 0.516. The van der Waals surface area contributed by atoms with Gasteiger partial charge >= 0.3 is 35.3 Å². The second kappa shape index (κ2) is 12.0. The first-order valence-corrected chi connectivity index (χ1v) is 11.6. The van der Waals surface area contributed by atoms with E-state index in [-0.39, 0.29) is 42.7 Å². The van der Waals surface area contributed by atoms with E-state index in [4.69, 9.17) is 14.0 Å². The number of aliphatic hydroxyl groups is 1. The number of aromatic nitrogens is 2. The molecule has 0 aliphatic heterocycles. The van der Waals surface area contributed by atoms with Crippen LogP contribution in [0.2, 0.25) is 0 Å². The summed E-state index contributed by atoms with van der Waals surface area (Å²) in [7, 11) is 0. The Hall–Kier alpha value is -3.04. The van der Waals surface area contributed by atoms with Crippen LogP contribution < -0.4 is 55.5 Å². The molecule has 8 nitrogen and oxygen atoms in total. The van der Waals surface area contributed by atoms with E-state index < -0.39 is 17.0 Å². The van der Waals surface area contributed by atoms with Crippen LogP contribution in [0, 0.1) is 13.8 Å². The van der Waals surface area contributed by atoms with Crippen molar-refractivity contribution in [2.75, 3.05) is 6.61 Å². The molecule has 1 aromatic heterocycles. The molecule has 0 amide bonds. The molecule has 0 aliphatic rings. The van der Waals surface area contributed by atoms with Crippen molar-refractivity contribution >= 4 is 0 Å². The predicted molar refractivity (Wildman–Crippen MR) is 136 cm³/mol. The van der Waals surface area contributed by atoms with Crippen LogP contribution in [0.3, 0.4) is 0 Å². The Kier molecular flexibility index (Phi) is 9.26. The molecule has 1 N–H and O–H groups in total. The summed E-state index contributed by atoms with van der Waals surface area (Å²) in [6.45, 7) is 8.26. The van der Waals surface area contributed by atoms with Gasteiger partial charge < -0.3 is 24.1 Å². The fraction of sp³-hybridized carbons (Fsp3) is 0.286. The van der Waals surface area contributed by atoms with Crippen molar-refractivity contribution in [3.05, 3.63) is 104 Å².